The molecule has 1 aromatic heterocycles. The molecule has 1 heterocycles. The molecule has 19 heavy (non-hydrogen) atoms. The van der Waals surface area contributed by atoms with Crippen molar-refractivity contribution in [2.75, 3.05) is 6.26 Å². The van der Waals surface area contributed by atoms with Crippen LogP contribution in [0, 0.1) is 27.7 Å². The Balaban J connectivity index is 0.00000154. The first-order chi connectivity index (χ1) is 8.71. The number of thiophene rings is 1. The third kappa shape index (κ3) is 6.29. The highest BCUT2D eigenvalue weighted by Gasteiger charge is 2.21. The van der Waals surface area contributed by atoms with Gasteiger partial charge < -0.3 is 0 Å². The van der Waals surface area contributed by atoms with Crippen molar-refractivity contribution in [1.82, 2.24) is 4.72 Å². The van der Waals surface area contributed by atoms with E-state index in [1.807, 2.05) is 26.8 Å². The standard InChI is InChI=1S/C11H16NO2S3.C2H6/c1-7(2)16-12-9(4)10-6-8(3)15-11(10)17(5,13)14;1-2/h6-7,9,12H,1-2,4H2,3,5H3;1-2H3. The molecule has 6 heteroatoms. The van der Waals surface area contributed by atoms with Crippen molar-refractivity contribution in [2.24, 2.45) is 0 Å². The van der Waals surface area contributed by atoms with Gasteiger partial charge in [0.15, 0.2) is 9.84 Å². The highest BCUT2D eigenvalue weighted by molar-refractivity contribution is 7.98. The van der Waals surface area contributed by atoms with E-state index >= 15 is 0 Å². The zero-order chi connectivity index (χ0) is 15.2. The summed E-state index contributed by atoms with van der Waals surface area (Å²) in [4.78, 5) is 0.960. The number of rotatable bonds is 5. The van der Waals surface area contributed by atoms with Crippen molar-refractivity contribution in [3.63, 3.8) is 0 Å². The molecule has 1 rings (SSSR count). The van der Waals surface area contributed by atoms with Crippen molar-refractivity contribution < 1.29 is 8.42 Å². The number of sulfone groups is 1. The maximum Gasteiger partial charge on any atom is 0.185 e. The van der Waals surface area contributed by atoms with Crippen molar-refractivity contribution in [3.8, 4) is 0 Å². The van der Waals surface area contributed by atoms with Gasteiger partial charge in [-0.25, -0.2) is 8.42 Å². The van der Waals surface area contributed by atoms with E-state index in [0.29, 0.717) is 9.77 Å². The van der Waals surface area contributed by atoms with Crippen LogP contribution in [0.25, 0.3) is 0 Å². The monoisotopic (exact) mass is 320 g/mol. The molecule has 0 aromatic carbocycles. The first-order valence-electron chi connectivity index (χ1n) is 5.92. The van der Waals surface area contributed by atoms with E-state index in [9.17, 15) is 8.42 Å². The Morgan fingerprint density at radius 2 is 1.84 bits per heavy atom. The van der Waals surface area contributed by atoms with Crippen molar-refractivity contribution >= 4 is 33.1 Å². The third-order valence-corrected chi connectivity index (χ3v) is 5.62. The maximum absolute atomic E-state index is 11.6. The number of hydrogen-bond donors (Lipinski definition) is 1. The molecule has 1 atom stereocenters. The lowest BCUT2D eigenvalue weighted by Crippen LogP contribution is -2.15. The lowest BCUT2D eigenvalue weighted by molar-refractivity contribution is 0.602. The fraction of sp³-hybridized carbons (Fsp3) is 0.462. The van der Waals surface area contributed by atoms with Gasteiger partial charge in [-0.2, -0.15) is 0 Å². The largest absolute Gasteiger partial charge is 0.256 e. The molecule has 0 bridgehead atoms. The van der Waals surface area contributed by atoms with Gasteiger partial charge in [0.1, 0.15) is 4.21 Å². The molecular weight excluding hydrogens is 298 g/mol. The molecule has 1 unspecified atom stereocenters. The van der Waals surface area contributed by atoms with Gasteiger partial charge in [0, 0.05) is 22.4 Å². The molecule has 0 aliphatic heterocycles. The lowest BCUT2D eigenvalue weighted by atomic mass is 10.2. The smallest absolute Gasteiger partial charge is 0.185 e. The van der Waals surface area contributed by atoms with Crippen molar-refractivity contribution in [2.45, 2.75) is 36.3 Å². The minimum absolute atomic E-state index is 0.0688. The van der Waals surface area contributed by atoms with Gasteiger partial charge in [-0.05, 0) is 39.3 Å². The Labute approximate surface area is 126 Å². The van der Waals surface area contributed by atoms with Crippen LogP contribution in [0.5, 0.6) is 0 Å². The predicted octanol–water partition coefficient (Wildman–Crippen LogP) is 3.64. The molecule has 109 valence electrons. The van der Waals surface area contributed by atoms with Crippen LogP contribution < -0.4 is 4.72 Å². The van der Waals surface area contributed by atoms with Gasteiger partial charge in [0.25, 0.3) is 0 Å². The van der Waals surface area contributed by atoms with Gasteiger partial charge >= 0.3 is 0 Å². The molecule has 0 saturated heterocycles. The van der Waals surface area contributed by atoms with E-state index in [0.717, 1.165) is 4.88 Å². The quantitative estimate of drug-likeness (QED) is 0.842. The summed E-state index contributed by atoms with van der Waals surface area (Å²) in [6, 6.07) is 1.56. The lowest BCUT2D eigenvalue weighted by Gasteiger charge is -2.14. The molecule has 0 saturated carbocycles. The third-order valence-electron chi connectivity index (χ3n) is 1.94. The molecule has 0 spiro atoms. The second-order valence-electron chi connectivity index (χ2n) is 3.78. The van der Waals surface area contributed by atoms with Gasteiger partial charge in [-0.1, -0.05) is 25.8 Å². The Kier molecular flexibility index (Phi) is 8.27. The molecule has 3 radical (unpaired) electrons. The van der Waals surface area contributed by atoms with Crippen LogP contribution in [0.1, 0.15) is 30.3 Å². The molecule has 3 nitrogen and oxygen atoms in total. The van der Waals surface area contributed by atoms with E-state index in [1.54, 1.807) is 0 Å². The number of hydrogen-bond acceptors (Lipinski definition) is 5. The van der Waals surface area contributed by atoms with Crippen LogP contribution >= 0.6 is 23.3 Å². The summed E-state index contributed by atoms with van der Waals surface area (Å²) in [7, 11) is -3.20. The predicted molar refractivity (Wildman–Crippen MR) is 86.8 cm³/mol. The summed E-state index contributed by atoms with van der Waals surface area (Å²) >= 11 is 2.61. The van der Waals surface area contributed by atoms with Crippen molar-refractivity contribution in [1.29, 1.82) is 0 Å². The van der Waals surface area contributed by atoms with E-state index in [4.69, 9.17) is 0 Å². The van der Waals surface area contributed by atoms with Crippen LogP contribution in [0.4, 0.5) is 0 Å². The summed E-state index contributed by atoms with van der Waals surface area (Å²) in [5, 5.41) is -0.0688. The zero-order valence-electron chi connectivity index (χ0n) is 11.9. The van der Waals surface area contributed by atoms with E-state index < -0.39 is 9.84 Å². The van der Waals surface area contributed by atoms with Crippen molar-refractivity contribution in [3.05, 3.63) is 37.3 Å². The molecule has 0 aliphatic carbocycles. The van der Waals surface area contributed by atoms with E-state index in [1.165, 1.54) is 29.5 Å². The summed E-state index contributed by atoms with van der Waals surface area (Å²) in [5.74, 6) is 0. The second-order valence-corrected chi connectivity index (χ2v) is 8.39. The number of nitrogens with one attached hydrogen (secondary N) is 1. The van der Waals surface area contributed by atoms with E-state index in [-0.39, 0.29) is 11.3 Å². The molecule has 0 fully saturated rings. The van der Waals surface area contributed by atoms with Gasteiger partial charge in [-0.15, -0.1) is 11.3 Å². The minimum Gasteiger partial charge on any atom is -0.256 e. The fourth-order valence-electron chi connectivity index (χ4n) is 1.29. The Hall–Kier alpha value is -0.0400. The van der Waals surface area contributed by atoms with Gasteiger partial charge in [-0.3, -0.25) is 4.72 Å². The molecule has 1 aromatic rings. The van der Waals surface area contributed by atoms with Crippen LogP contribution in [-0.4, -0.2) is 19.9 Å². The Morgan fingerprint density at radius 3 is 2.26 bits per heavy atom. The highest BCUT2D eigenvalue weighted by Crippen LogP contribution is 2.31. The van der Waals surface area contributed by atoms with Crippen LogP contribution in [0.3, 0.4) is 0 Å². The van der Waals surface area contributed by atoms with Gasteiger partial charge in [0.2, 0.25) is 0 Å². The first kappa shape index (κ1) is 19.0. The summed E-state index contributed by atoms with van der Waals surface area (Å²) < 4.78 is 26.7. The van der Waals surface area contributed by atoms with E-state index in [2.05, 4.69) is 25.5 Å². The fourth-order valence-corrected chi connectivity index (χ4v) is 4.20. The highest BCUT2D eigenvalue weighted by atomic mass is 32.2. The summed E-state index contributed by atoms with van der Waals surface area (Å²) in [6.45, 7) is 17.3. The topological polar surface area (TPSA) is 46.2 Å². The summed E-state index contributed by atoms with van der Waals surface area (Å²) in [5.41, 5.74) is 0.711. The maximum atomic E-state index is 11.6. The first-order valence-corrected chi connectivity index (χ1v) is 9.51. The SMILES string of the molecule is CC.[CH2]C([CH2])SNC([CH2])c1cc(C)sc1S(C)(=O)=O. The average molecular weight is 321 g/mol. The minimum atomic E-state index is -3.20. The molecular formula is C13H22NO2S3. The van der Waals surface area contributed by atoms with Crippen LogP contribution in [0.15, 0.2) is 10.3 Å². The van der Waals surface area contributed by atoms with Crippen LogP contribution in [-0.2, 0) is 9.84 Å². The number of aryl methyl sites for hydroxylation is 1. The average Bonchev–Trinajstić information content (AvgIpc) is 2.71. The zero-order valence-corrected chi connectivity index (χ0v) is 14.3. The Bertz CT molecular complexity index is 478. The summed E-state index contributed by atoms with van der Waals surface area (Å²) in [6.07, 6.45) is 1.22. The molecule has 1 N–H and O–H groups in total. The second kappa shape index (κ2) is 8.29. The molecule has 0 aliphatic rings. The molecule has 0 amide bonds. The van der Waals surface area contributed by atoms with Crippen LogP contribution in [0.2, 0.25) is 0 Å². The van der Waals surface area contributed by atoms with Gasteiger partial charge in [0.05, 0.1) is 0 Å². The Morgan fingerprint density at radius 1 is 1.32 bits per heavy atom. The normalized spacial score (nSPS) is 13.1.